The van der Waals surface area contributed by atoms with Crippen LogP contribution in [0.2, 0.25) is 0 Å². The van der Waals surface area contributed by atoms with Gasteiger partial charge in [0.1, 0.15) is 13.2 Å². The van der Waals surface area contributed by atoms with Crippen molar-refractivity contribution in [3.05, 3.63) is 48.6 Å². The minimum absolute atomic E-state index is 0.0749. The molecular formula is C76H140O6. The molecule has 0 fully saturated rings. The summed E-state index contributed by atoms with van der Waals surface area (Å²) in [7, 11) is 0. The fourth-order valence-electron chi connectivity index (χ4n) is 11.1. The molecule has 0 aromatic carbocycles. The van der Waals surface area contributed by atoms with E-state index in [-0.39, 0.29) is 31.1 Å². The third-order valence-corrected chi connectivity index (χ3v) is 16.6. The van der Waals surface area contributed by atoms with Gasteiger partial charge in [-0.15, -0.1) is 0 Å². The van der Waals surface area contributed by atoms with Gasteiger partial charge in [0.2, 0.25) is 0 Å². The fourth-order valence-corrected chi connectivity index (χ4v) is 11.1. The standard InChI is InChI=1S/C76H140O6/c1-4-7-10-13-16-19-22-25-28-29-30-31-32-33-34-35-36-37-38-39-40-41-42-43-44-45-46-47-49-51-54-57-60-63-66-69-75(78)81-72-73(71-80-74(77)68-65-62-59-56-53-50-27-24-21-18-15-12-9-6-3)82-76(79)70-67-64-61-58-55-52-48-26-23-20-17-14-11-8-5-2/h8,11,17,20,26,29-30,48,73H,4-7,9-10,12-16,18-19,21-25,27-28,31-47,49-72H2,1-3H3/b11-8-,20-17-,30-29-,48-26-. The first-order chi connectivity index (χ1) is 40.5. The Labute approximate surface area is 511 Å². The summed E-state index contributed by atoms with van der Waals surface area (Å²) in [5.74, 6) is -0.866. The highest BCUT2D eigenvalue weighted by molar-refractivity contribution is 5.71. The number of hydrogen-bond acceptors (Lipinski definition) is 6. The van der Waals surface area contributed by atoms with E-state index in [4.69, 9.17) is 14.2 Å². The van der Waals surface area contributed by atoms with E-state index in [2.05, 4.69) is 69.4 Å². The Morgan fingerprint density at radius 3 is 0.756 bits per heavy atom. The maximum absolute atomic E-state index is 12.9. The molecule has 0 N–H and O–H groups in total. The monoisotopic (exact) mass is 1150 g/mol. The van der Waals surface area contributed by atoms with Crippen LogP contribution < -0.4 is 0 Å². The summed E-state index contributed by atoms with van der Waals surface area (Å²) < 4.78 is 17.0. The summed E-state index contributed by atoms with van der Waals surface area (Å²) in [5.41, 5.74) is 0. The number of rotatable bonds is 68. The molecule has 6 nitrogen and oxygen atoms in total. The second-order valence-electron chi connectivity index (χ2n) is 24.8. The van der Waals surface area contributed by atoms with E-state index < -0.39 is 6.10 Å². The second kappa shape index (κ2) is 70.9. The van der Waals surface area contributed by atoms with Crippen LogP contribution in [0.4, 0.5) is 0 Å². The molecule has 0 aromatic heterocycles. The highest BCUT2D eigenvalue weighted by Crippen LogP contribution is 2.19. The lowest BCUT2D eigenvalue weighted by Crippen LogP contribution is -2.30. The number of ether oxygens (including phenoxy) is 3. The molecule has 0 heterocycles. The van der Waals surface area contributed by atoms with Gasteiger partial charge < -0.3 is 14.2 Å². The van der Waals surface area contributed by atoms with Gasteiger partial charge in [-0.1, -0.05) is 352 Å². The van der Waals surface area contributed by atoms with Crippen molar-refractivity contribution in [1.82, 2.24) is 0 Å². The van der Waals surface area contributed by atoms with Crippen LogP contribution in [0.25, 0.3) is 0 Å². The molecule has 0 saturated carbocycles. The van der Waals surface area contributed by atoms with E-state index >= 15 is 0 Å². The molecule has 0 bridgehead atoms. The molecule has 1 atom stereocenters. The van der Waals surface area contributed by atoms with Crippen LogP contribution in [-0.4, -0.2) is 37.2 Å². The van der Waals surface area contributed by atoms with E-state index in [0.29, 0.717) is 19.3 Å². The van der Waals surface area contributed by atoms with Crippen molar-refractivity contribution in [3.8, 4) is 0 Å². The van der Waals surface area contributed by atoms with Crippen LogP contribution in [0.5, 0.6) is 0 Å². The summed E-state index contributed by atoms with van der Waals surface area (Å²) in [6.07, 6.45) is 90.3. The quantitative estimate of drug-likeness (QED) is 0.0261. The van der Waals surface area contributed by atoms with Crippen molar-refractivity contribution in [2.24, 2.45) is 0 Å². The van der Waals surface area contributed by atoms with Crippen LogP contribution in [-0.2, 0) is 28.6 Å². The van der Waals surface area contributed by atoms with Crippen LogP contribution in [0.15, 0.2) is 48.6 Å². The molecule has 0 aliphatic carbocycles. The third kappa shape index (κ3) is 68.2. The van der Waals surface area contributed by atoms with Crippen molar-refractivity contribution in [3.63, 3.8) is 0 Å². The molecule has 0 spiro atoms. The first-order valence-corrected chi connectivity index (χ1v) is 36.6. The molecule has 480 valence electrons. The Balaban J connectivity index is 4.07. The Morgan fingerprint density at radius 1 is 0.256 bits per heavy atom. The maximum Gasteiger partial charge on any atom is 0.306 e. The van der Waals surface area contributed by atoms with Crippen molar-refractivity contribution in [2.75, 3.05) is 13.2 Å². The van der Waals surface area contributed by atoms with Gasteiger partial charge in [0, 0.05) is 19.3 Å². The second-order valence-corrected chi connectivity index (χ2v) is 24.8. The lowest BCUT2D eigenvalue weighted by Gasteiger charge is -2.18. The van der Waals surface area contributed by atoms with Crippen LogP contribution in [0, 0.1) is 0 Å². The van der Waals surface area contributed by atoms with Gasteiger partial charge in [0.15, 0.2) is 6.10 Å². The van der Waals surface area contributed by atoms with Crippen molar-refractivity contribution in [2.45, 2.75) is 406 Å². The highest BCUT2D eigenvalue weighted by atomic mass is 16.6. The van der Waals surface area contributed by atoms with Gasteiger partial charge in [0.25, 0.3) is 0 Å². The summed E-state index contributed by atoms with van der Waals surface area (Å²) in [6.45, 7) is 6.58. The fraction of sp³-hybridized carbons (Fsp3) is 0.855. The average Bonchev–Trinajstić information content (AvgIpc) is 3.47. The summed E-state index contributed by atoms with van der Waals surface area (Å²) in [4.78, 5) is 38.4. The molecule has 1 unspecified atom stereocenters. The Kier molecular flexibility index (Phi) is 68.6. The van der Waals surface area contributed by atoms with Gasteiger partial charge in [-0.2, -0.15) is 0 Å². The molecule has 0 radical (unpaired) electrons. The minimum atomic E-state index is -0.780. The smallest absolute Gasteiger partial charge is 0.306 e. The summed E-state index contributed by atoms with van der Waals surface area (Å²) in [5, 5.41) is 0. The minimum Gasteiger partial charge on any atom is -0.462 e. The van der Waals surface area contributed by atoms with Crippen LogP contribution in [0.1, 0.15) is 400 Å². The molecule has 6 heteroatoms. The first-order valence-electron chi connectivity index (χ1n) is 36.6. The first kappa shape index (κ1) is 79.4. The van der Waals surface area contributed by atoms with E-state index in [1.165, 1.54) is 263 Å². The lowest BCUT2D eigenvalue weighted by atomic mass is 10.0. The summed E-state index contributed by atoms with van der Waals surface area (Å²) in [6, 6.07) is 0. The molecule has 0 saturated heterocycles. The Morgan fingerprint density at radius 2 is 0.476 bits per heavy atom. The molecule has 82 heavy (non-hydrogen) atoms. The van der Waals surface area contributed by atoms with E-state index in [0.717, 1.165) is 96.3 Å². The number of hydrogen-bond donors (Lipinski definition) is 0. The number of allylic oxidation sites excluding steroid dienone is 8. The van der Waals surface area contributed by atoms with Gasteiger partial charge >= 0.3 is 17.9 Å². The molecular weight excluding hydrogens is 1010 g/mol. The Bertz CT molecular complexity index is 1410. The zero-order valence-corrected chi connectivity index (χ0v) is 55.3. The number of carbonyl (C=O) groups excluding carboxylic acids is 3. The predicted molar refractivity (Wildman–Crippen MR) is 358 cm³/mol. The van der Waals surface area contributed by atoms with Crippen LogP contribution >= 0.6 is 0 Å². The van der Waals surface area contributed by atoms with Gasteiger partial charge in [-0.3, -0.25) is 14.4 Å². The highest BCUT2D eigenvalue weighted by Gasteiger charge is 2.19. The lowest BCUT2D eigenvalue weighted by molar-refractivity contribution is -0.167. The SMILES string of the molecule is CC/C=C\C/C=C\C/C=C\CCCCCCCC(=O)OC(COC(=O)CCCCCCCCCCCCCCCC)COC(=O)CCCCCCCCCCCCCCCCCCCCCCCCC/C=C\CCCCCCCCCC. The van der Waals surface area contributed by atoms with Crippen molar-refractivity contribution < 1.29 is 28.6 Å². The number of esters is 3. The van der Waals surface area contributed by atoms with Crippen molar-refractivity contribution in [1.29, 1.82) is 0 Å². The zero-order valence-electron chi connectivity index (χ0n) is 55.3. The zero-order chi connectivity index (χ0) is 59.2. The molecule has 0 aliphatic heterocycles. The maximum atomic E-state index is 12.9. The average molecular weight is 1150 g/mol. The van der Waals surface area contributed by atoms with Gasteiger partial charge in [0.05, 0.1) is 0 Å². The number of carbonyl (C=O) groups is 3. The van der Waals surface area contributed by atoms with E-state index in [9.17, 15) is 14.4 Å². The largest absolute Gasteiger partial charge is 0.462 e. The Hall–Kier alpha value is -2.63. The topological polar surface area (TPSA) is 78.9 Å². The van der Waals surface area contributed by atoms with E-state index in [1.54, 1.807) is 0 Å². The van der Waals surface area contributed by atoms with Crippen LogP contribution in [0.3, 0.4) is 0 Å². The normalized spacial score (nSPS) is 12.3. The summed E-state index contributed by atoms with van der Waals surface area (Å²) >= 11 is 0. The predicted octanol–water partition coefficient (Wildman–Crippen LogP) is 25.3. The molecule has 0 aliphatic rings. The number of unbranched alkanes of at least 4 members (excludes halogenated alkanes) is 49. The molecule has 0 rings (SSSR count). The van der Waals surface area contributed by atoms with Gasteiger partial charge in [-0.25, -0.2) is 0 Å². The third-order valence-electron chi connectivity index (χ3n) is 16.6. The van der Waals surface area contributed by atoms with Crippen molar-refractivity contribution >= 4 is 17.9 Å². The molecule has 0 aromatic rings. The van der Waals surface area contributed by atoms with E-state index in [1.807, 2.05) is 0 Å². The van der Waals surface area contributed by atoms with Gasteiger partial charge in [-0.05, 0) is 77.0 Å². The molecule has 0 amide bonds.